The minimum atomic E-state index is -0.399. The summed E-state index contributed by atoms with van der Waals surface area (Å²) in [5.41, 5.74) is 6.78. The van der Waals surface area contributed by atoms with E-state index in [0.717, 1.165) is 16.5 Å². The lowest BCUT2D eigenvalue weighted by Gasteiger charge is -2.12. The van der Waals surface area contributed by atoms with Crippen LogP contribution in [-0.2, 0) is 4.74 Å². The smallest absolute Gasteiger partial charge is 0.338 e. The van der Waals surface area contributed by atoms with Gasteiger partial charge in [0.05, 0.1) is 17.9 Å². The number of hydrogen-bond acceptors (Lipinski definition) is 5. The standard InChI is InChI=1S/C21H21NO4/c1-2-24-21(23)16-10-11-18(22)20(14-16)26-13-12-25-19-9-5-7-15-6-3-4-8-17(15)19/h3-11,14H,2,12-13,22H2,1H3. The molecule has 0 aliphatic heterocycles. The van der Waals surface area contributed by atoms with Crippen LogP contribution in [-0.4, -0.2) is 25.8 Å². The molecule has 5 heteroatoms. The van der Waals surface area contributed by atoms with E-state index < -0.39 is 5.97 Å². The molecule has 0 aliphatic rings. The summed E-state index contributed by atoms with van der Waals surface area (Å²) < 4.78 is 16.5. The van der Waals surface area contributed by atoms with E-state index in [1.54, 1.807) is 25.1 Å². The van der Waals surface area contributed by atoms with Crippen LogP contribution >= 0.6 is 0 Å². The Morgan fingerprint density at radius 3 is 2.46 bits per heavy atom. The van der Waals surface area contributed by atoms with Crippen molar-refractivity contribution in [2.75, 3.05) is 25.6 Å². The first-order valence-electron chi connectivity index (χ1n) is 8.49. The van der Waals surface area contributed by atoms with E-state index in [4.69, 9.17) is 19.9 Å². The third-order valence-corrected chi connectivity index (χ3v) is 3.87. The molecule has 26 heavy (non-hydrogen) atoms. The van der Waals surface area contributed by atoms with Crippen LogP contribution in [0.1, 0.15) is 17.3 Å². The van der Waals surface area contributed by atoms with E-state index >= 15 is 0 Å². The molecule has 3 aromatic carbocycles. The monoisotopic (exact) mass is 351 g/mol. The average molecular weight is 351 g/mol. The van der Waals surface area contributed by atoms with Gasteiger partial charge in [-0.05, 0) is 36.6 Å². The molecule has 3 aromatic rings. The zero-order valence-electron chi connectivity index (χ0n) is 14.6. The van der Waals surface area contributed by atoms with E-state index in [2.05, 4.69) is 0 Å². The number of ether oxygens (including phenoxy) is 3. The number of nitrogen functional groups attached to an aromatic ring is 1. The lowest BCUT2D eigenvalue weighted by Crippen LogP contribution is -2.11. The molecule has 0 spiro atoms. The van der Waals surface area contributed by atoms with Gasteiger partial charge >= 0.3 is 5.97 Å². The SMILES string of the molecule is CCOC(=O)c1ccc(N)c(OCCOc2cccc3ccccc23)c1. The third kappa shape index (κ3) is 4.06. The summed E-state index contributed by atoms with van der Waals surface area (Å²) >= 11 is 0. The Hall–Kier alpha value is -3.21. The minimum absolute atomic E-state index is 0.305. The van der Waals surface area contributed by atoms with Crippen LogP contribution in [0.15, 0.2) is 60.7 Å². The number of carbonyl (C=O) groups is 1. The number of esters is 1. The lowest BCUT2D eigenvalue weighted by atomic mass is 10.1. The van der Waals surface area contributed by atoms with E-state index in [-0.39, 0.29) is 0 Å². The van der Waals surface area contributed by atoms with Crippen LogP contribution in [0.5, 0.6) is 11.5 Å². The van der Waals surface area contributed by atoms with Gasteiger partial charge in [0.1, 0.15) is 24.7 Å². The fraction of sp³-hybridized carbons (Fsp3) is 0.190. The summed E-state index contributed by atoms with van der Waals surface area (Å²) in [5.74, 6) is 0.848. The quantitative estimate of drug-likeness (QED) is 0.395. The van der Waals surface area contributed by atoms with Gasteiger partial charge in [-0.3, -0.25) is 0 Å². The molecule has 0 atom stereocenters. The molecule has 5 nitrogen and oxygen atoms in total. The van der Waals surface area contributed by atoms with E-state index in [1.165, 1.54) is 0 Å². The fourth-order valence-electron chi connectivity index (χ4n) is 2.63. The number of anilines is 1. The zero-order valence-corrected chi connectivity index (χ0v) is 14.6. The largest absolute Gasteiger partial charge is 0.489 e. The van der Waals surface area contributed by atoms with Gasteiger partial charge in [-0.2, -0.15) is 0 Å². The number of nitrogens with two attached hydrogens (primary N) is 1. The molecule has 0 fully saturated rings. The van der Waals surface area contributed by atoms with Gasteiger partial charge in [0.2, 0.25) is 0 Å². The van der Waals surface area contributed by atoms with Gasteiger partial charge in [0.15, 0.2) is 0 Å². The minimum Gasteiger partial charge on any atom is -0.489 e. The Morgan fingerprint density at radius 2 is 1.65 bits per heavy atom. The molecule has 3 rings (SSSR count). The Kier molecular flexibility index (Phi) is 5.59. The van der Waals surface area contributed by atoms with Crippen molar-refractivity contribution in [2.45, 2.75) is 6.92 Å². The third-order valence-electron chi connectivity index (χ3n) is 3.87. The summed E-state index contributed by atoms with van der Waals surface area (Å²) in [6, 6.07) is 18.8. The maximum atomic E-state index is 11.8. The van der Waals surface area contributed by atoms with Crippen molar-refractivity contribution in [3.05, 3.63) is 66.2 Å². The first-order valence-corrected chi connectivity index (χ1v) is 8.49. The molecule has 0 saturated carbocycles. The number of hydrogen-bond donors (Lipinski definition) is 1. The van der Waals surface area contributed by atoms with Crippen molar-refractivity contribution in [2.24, 2.45) is 0 Å². The van der Waals surface area contributed by atoms with Gasteiger partial charge < -0.3 is 19.9 Å². The van der Waals surface area contributed by atoms with Gasteiger partial charge in [0.25, 0.3) is 0 Å². The predicted octanol–water partition coefficient (Wildman–Crippen LogP) is 4.06. The highest BCUT2D eigenvalue weighted by Gasteiger charge is 2.10. The number of fused-ring (bicyclic) bond motifs is 1. The normalized spacial score (nSPS) is 10.5. The molecule has 0 aliphatic carbocycles. The van der Waals surface area contributed by atoms with Crippen molar-refractivity contribution < 1.29 is 19.0 Å². The zero-order chi connectivity index (χ0) is 18.4. The molecule has 0 heterocycles. The Morgan fingerprint density at radius 1 is 0.923 bits per heavy atom. The van der Waals surface area contributed by atoms with E-state index in [1.807, 2.05) is 42.5 Å². The van der Waals surface area contributed by atoms with Crippen LogP contribution in [0.4, 0.5) is 5.69 Å². The van der Waals surface area contributed by atoms with Crippen molar-refractivity contribution >= 4 is 22.4 Å². The molecule has 0 bridgehead atoms. The van der Waals surface area contributed by atoms with Crippen LogP contribution < -0.4 is 15.2 Å². The van der Waals surface area contributed by atoms with E-state index in [9.17, 15) is 4.79 Å². The Balaban J connectivity index is 1.61. The summed E-state index contributed by atoms with van der Waals surface area (Å²) in [5, 5.41) is 2.18. The van der Waals surface area contributed by atoms with Crippen LogP contribution in [0.2, 0.25) is 0 Å². The highest BCUT2D eigenvalue weighted by Crippen LogP contribution is 2.26. The second-order valence-corrected chi connectivity index (χ2v) is 5.65. The number of rotatable bonds is 7. The predicted molar refractivity (Wildman–Crippen MR) is 102 cm³/mol. The molecule has 0 amide bonds. The number of benzene rings is 3. The molecular weight excluding hydrogens is 330 g/mol. The van der Waals surface area contributed by atoms with Crippen molar-refractivity contribution in [3.63, 3.8) is 0 Å². The fourth-order valence-corrected chi connectivity index (χ4v) is 2.63. The Bertz CT molecular complexity index is 902. The van der Waals surface area contributed by atoms with Gasteiger partial charge in [0, 0.05) is 5.39 Å². The summed E-state index contributed by atoms with van der Waals surface area (Å²) in [7, 11) is 0. The molecule has 0 aromatic heterocycles. The average Bonchev–Trinajstić information content (AvgIpc) is 2.66. The topological polar surface area (TPSA) is 70.8 Å². The number of carbonyl (C=O) groups excluding carboxylic acids is 1. The highest BCUT2D eigenvalue weighted by atomic mass is 16.5. The second kappa shape index (κ2) is 8.25. The van der Waals surface area contributed by atoms with Crippen molar-refractivity contribution in [1.82, 2.24) is 0 Å². The molecule has 0 radical (unpaired) electrons. The lowest BCUT2D eigenvalue weighted by molar-refractivity contribution is 0.0526. The van der Waals surface area contributed by atoms with Crippen molar-refractivity contribution in [1.29, 1.82) is 0 Å². The summed E-state index contributed by atoms with van der Waals surface area (Å²) in [6.07, 6.45) is 0. The summed E-state index contributed by atoms with van der Waals surface area (Å²) in [6.45, 7) is 2.74. The molecule has 0 unspecified atom stereocenters. The van der Waals surface area contributed by atoms with Crippen molar-refractivity contribution in [3.8, 4) is 11.5 Å². The van der Waals surface area contributed by atoms with Gasteiger partial charge in [-0.1, -0.05) is 36.4 Å². The van der Waals surface area contributed by atoms with Gasteiger partial charge in [-0.25, -0.2) is 4.79 Å². The molecule has 0 saturated heterocycles. The maximum absolute atomic E-state index is 11.8. The first-order chi connectivity index (χ1) is 12.7. The first kappa shape index (κ1) is 17.6. The van der Waals surface area contributed by atoms with Crippen LogP contribution in [0, 0.1) is 0 Å². The molecular formula is C21H21NO4. The maximum Gasteiger partial charge on any atom is 0.338 e. The molecule has 134 valence electrons. The molecule has 2 N–H and O–H groups in total. The van der Waals surface area contributed by atoms with Gasteiger partial charge in [-0.15, -0.1) is 0 Å². The van der Waals surface area contributed by atoms with Crippen LogP contribution in [0.25, 0.3) is 10.8 Å². The second-order valence-electron chi connectivity index (χ2n) is 5.65. The van der Waals surface area contributed by atoms with E-state index in [0.29, 0.717) is 36.8 Å². The van der Waals surface area contributed by atoms with Crippen LogP contribution in [0.3, 0.4) is 0 Å². The Labute approximate surface area is 152 Å². The summed E-state index contributed by atoms with van der Waals surface area (Å²) in [4.78, 5) is 11.8. The highest BCUT2D eigenvalue weighted by molar-refractivity contribution is 5.90.